The number of carbonyl (C=O) groups excluding carboxylic acids is 2. The number of nitrogens with zero attached hydrogens (tertiary/aromatic N) is 2. The summed E-state index contributed by atoms with van der Waals surface area (Å²) in [5.41, 5.74) is 0.0551. The van der Waals surface area contributed by atoms with Crippen LogP contribution in [0.1, 0.15) is 19.8 Å². The number of aliphatic hydroxyl groups excluding tert-OH is 1. The van der Waals surface area contributed by atoms with Crippen LogP contribution in [0, 0.1) is 11.6 Å². The van der Waals surface area contributed by atoms with Crippen molar-refractivity contribution in [2.75, 3.05) is 42.6 Å². The van der Waals surface area contributed by atoms with E-state index in [2.05, 4.69) is 5.32 Å². The van der Waals surface area contributed by atoms with Gasteiger partial charge in [-0.2, -0.15) is 0 Å². The van der Waals surface area contributed by atoms with E-state index >= 15 is 0 Å². The van der Waals surface area contributed by atoms with Gasteiger partial charge in [-0.05, 0) is 48.7 Å². The van der Waals surface area contributed by atoms with E-state index in [1.165, 1.54) is 30.0 Å². The first-order chi connectivity index (χ1) is 16.2. The van der Waals surface area contributed by atoms with Crippen molar-refractivity contribution in [2.24, 2.45) is 0 Å². The van der Waals surface area contributed by atoms with E-state index in [4.69, 9.17) is 4.74 Å². The SMILES string of the molecule is CC(=O)NC[C@H]1CN(c2ccc(-c3ccc(N4CCC(O)(CO)CC4)c(F)c3)c(F)c2)C(=O)O1. The predicted molar refractivity (Wildman–Crippen MR) is 122 cm³/mol. The molecule has 0 aromatic heterocycles. The van der Waals surface area contributed by atoms with Gasteiger partial charge in [0.1, 0.15) is 17.7 Å². The fourth-order valence-electron chi connectivity index (χ4n) is 4.26. The molecule has 3 N–H and O–H groups in total. The number of amides is 2. The zero-order chi connectivity index (χ0) is 24.5. The quantitative estimate of drug-likeness (QED) is 0.593. The van der Waals surface area contributed by atoms with Crippen LogP contribution in [0.25, 0.3) is 11.1 Å². The highest BCUT2D eigenvalue weighted by atomic mass is 19.1. The molecule has 2 aromatic carbocycles. The van der Waals surface area contributed by atoms with Gasteiger partial charge in [0, 0.05) is 25.6 Å². The first kappa shape index (κ1) is 23.9. The summed E-state index contributed by atoms with van der Waals surface area (Å²) in [6.45, 7) is 2.16. The van der Waals surface area contributed by atoms with Gasteiger partial charge >= 0.3 is 6.09 Å². The molecule has 10 heteroatoms. The minimum absolute atomic E-state index is 0.167. The van der Waals surface area contributed by atoms with Crippen molar-refractivity contribution in [1.29, 1.82) is 0 Å². The number of carbonyl (C=O) groups is 2. The molecular weight excluding hydrogens is 448 g/mol. The van der Waals surface area contributed by atoms with Gasteiger partial charge in [-0.15, -0.1) is 0 Å². The fourth-order valence-corrected chi connectivity index (χ4v) is 4.26. The van der Waals surface area contributed by atoms with Crippen molar-refractivity contribution in [3.05, 3.63) is 48.0 Å². The molecule has 8 nitrogen and oxygen atoms in total. The normalized spacial score (nSPS) is 19.8. The average Bonchev–Trinajstić information content (AvgIpc) is 3.19. The summed E-state index contributed by atoms with van der Waals surface area (Å²) in [6.07, 6.45) is -0.520. The lowest BCUT2D eigenvalue weighted by Crippen LogP contribution is -2.46. The molecule has 0 unspecified atom stereocenters. The molecule has 0 bridgehead atoms. The van der Waals surface area contributed by atoms with Crippen LogP contribution >= 0.6 is 0 Å². The highest BCUT2D eigenvalue weighted by molar-refractivity contribution is 5.90. The molecule has 2 aromatic rings. The van der Waals surface area contributed by atoms with Crippen LogP contribution in [0.3, 0.4) is 0 Å². The van der Waals surface area contributed by atoms with Crippen LogP contribution in [0.5, 0.6) is 0 Å². The summed E-state index contributed by atoms with van der Waals surface area (Å²) in [5, 5.41) is 22.0. The number of nitrogens with one attached hydrogen (secondary N) is 1. The molecule has 34 heavy (non-hydrogen) atoms. The smallest absolute Gasteiger partial charge is 0.414 e. The molecule has 0 spiro atoms. The van der Waals surface area contributed by atoms with Gasteiger partial charge in [0.2, 0.25) is 5.91 Å². The standard InChI is InChI=1S/C24H27F2N3O5/c1-15(31)27-12-18-13-29(23(32)34-18)17-3-4-19(20(25)11-17)16-2-5-22(21(26)10-16)28-8-6-24(33,14-30)7-9-28/h2-5,10-11,18,30,33H,6-9,12-14H2,1H3,(H,27,31)/t18-/m0/s1. The minimum Gasteiger partial charge on any atom is -0.442 e. The van der Waals surface area contributed by atoms with E-state index in [-0.39, 0.29) is 31.2 Å². The zero-order valence-corrected chi connectivity index (χ0v) is 18.8. The maximum Gasteiger partial charge on any atom is 0.414 e. The first-order valence-corrected chi connectivity index (χ1v) is 11.1. The van der Waals surface area contributed by atoms with Crippen molar-refractivity contribution >= 4 is 23.4 Å². The summed E-state index contributed by atoms with van der Waals surface area (Å²) < 4.78 is 35.1. The maximum absolute atomic E-state index is 15.0. The Morgan fingerprint density at radius 3 is 2.53 bits per heavy atom. The number of aliphatic hydroxyl groups is 2. The number of ether oxygens (including phenoxy) is 1. The van der Waals surface area contributed by atoms with Crippen LogP contribution in [0.4, 0.5) is 25.0 Å². The van der Waals surface area contributed by atoms with Gasteiger partial charge in [-0.3, -0.25) is 9.69 Å². The third kappa shape index (κ3) is 4.97. The summed E-state index contributed by atoms with van der Waals surface area (Å²) in [5.74, 6) is -1.37. The molecule has 4 rings (SSSR count). The van der Waals surface area contributed by atoms with E-state index in [1.54, 1.807) is 23.1 Å². The fraction of sp³-hybridized carbons (Fsp3) is 0.417. The van der Waals surface area contributed by atoms with Gasteiger partial charge in [0.05, 0.1) is 36.7 Å². The molecule has 2 aliphatic heterocycles. The van der Waals surface area contributed by atoms with Crippen LogP contribution in [0.2, 0.25) is 0 Å². The predicted octanol–water partition coefficient (Wildman–Crippen LogP) is 2.42. The molecule has 2 saturated heterocycles. The van der Waals surface area contributed by atoms with Crippen molar-refractivity contribution in [2.45, 2.75) is 31.5 Å². The number of piperidine rings is 1. The summed E-state index contributed by atoms with van der Waals surface area (Å²) in [4.78, 5) is 26.3. The lowest BCUT2D eigenvalue weighted by atomic mass is 9.92. The first-order valence-electron chi connectivity index (χ1n) is 11.1. The Kier molecular flexibility index (Phi) is 6.72. The second-order valence-electron chi connectivity index (χ2n) is 8.75. The molecule has 0 radical (unpaired) electrons. The second kappa shape index (κ2) is 9.55. The Labute approximate surface area is 195 Å². The number of anilines is 2. The van der Waals surface area contributed by atoms with Crippen molar-refractivity contribution in [3.63, 3.8) is 0 Å². The number of cyclic esters (lactones) is 1. The summed E-state index contributed by atoms with van der Waals surface area (Å²) in [7, 11) is 0. The molecule has 0 aliphatic carbocycles. The number of benzene rings is 2. The van der Waals surface area contributed by atoms with Crippen LogP contribution < -0.4 is 15.1 Å². The van der Waals surface area contributed by atoms with Crippen LogP contribution in [-0.2, 0) is 9.53 Å². The van der Waals surface area contributed by atoms with Gasteiger partial charge < -0.3 is 25.2 Å². The van der Waals surface area contributed by atoms with Gasteiger partial charge in [-0.25, -0.2) is 13.6 Å². The third-order valence-electron chi connectivity index (χ3n) is 6.30. The van der Waals surface area contributed by atoms with Gasteiger partial charge in [-0.1, -0.05) is 6.07 Å². The number of hydrogen-bond donors (Lipinski definition) is 3. The zero-order valence-electron chi connectivity index (χ0n) is 18.8. The monoisotopic (exact) mass is 475 g/mol. The van der Waals surface area contributed by atoms with E-state index in [9.17, 15) is 28.6 Å². The lowest BCUT2D eigenvalue weighted by molar-refractivity contribution is -0.119. The summed E-state index contributed by atoms with van der Waals surface area (Å²) in [6, 6.07) is 8.70. The van der Waals surface area contributed by atoms with E-state index < -0.39 is 29.4 Å². The number of halogens is 2. The van der Waals surface area contributed by atoms with Crippen LogP contribution in [0.15, 0.2) is 36.4 Å². The molecule has 0 saturated carbocycles. The topological polar surface area (TPSA) is 102 Å². The summed E-state index contributed by atoms with van der Waals surface area (Å²) >= 11 is 0. The molecule has 2 heterocycles. The van der Waals surface area contributed by atoms with Gasteiger partial charge in [0.25, 0.3) is 0 Å². The lowest BCUT2D eigenvalue weighted by Gasteiger charge is -2.38. The highest BCUT2D eigenvalue weighted by Gasteiger charge is 2.34. The maximum atomic E-state index is 15.0. The average molecular weight is 475 g/mol. The van der Waals surface area contributed by atoms with Crippen LogP contribution in [-0.4, -0.2) is 66.7 Å². The Hall–Kier alpha value is -3.24. The van der Waals surface area contributed by atoms with E-state index in [0.717, 1.165) is 0 Å². The highest BCUT2D eigenvalue weighted by Crippen LogP contribution is 2.33. The Bertz CT molecular complexity index is 1090. The number of hydrogen-bond acceptors (Lipinski definition) is 6. The largest absolute Gasteiger partial charge is 0.442 e. The van der Waals surface area contributed by atoms with Crippen molar-refractivity contribution in [3.8, 4) is 11.1 Å². The minimum atomic E-state index is -1.14. The molecule has 182 valence electrons. The molecule has 1 atom stereocenters. The number of rotatable bonds is 6. The van der Waals surface area contributed by atoms with Crippen molar-refractivity contribution in [1.82, 2.24) is 5.32 Å². The molecule has 2 fully saturated rings. The molecule has 2 amide bonds. The van der Waals surface area contributed by atoms with Gasteiger partial charge in [0.15, 0.2) is 0 Å². The second-order valence-corrected chi connectivity index (χ2v) is 8.75. The molecular formula is C24H27F2N3O5. The Balaban J connectivity index is 1.47. The Morgan fingerprint density at radius 2 is 1.91 bits per heavy atom. The molecule has 2 aliphatic rings. The third-order valence-corrected chi connectivity index (χ3v) is 6.30. The van der Waals surface area contributed by atoms with E-state index in [0.29, 0.717) is 42.9 Å². The van der Waals surface area contributed by atoms with E-state index in [1.807, 2.05) is 0 Å². The van der Waals surface area contributed by atoms with Crippen molar-refractivity contribution < 1.29 is 33.3 Å². The Morgan fingerprint density at radius 1 is 1.18 bits per heavy atom.